The molecule has 116 valence electrons. The fraction of sp³-hybridized carbons (Fsp3) is 0.684. The van der Waals surface area contributed by atoms with Crippen LogP contribution >= 0.6 is 0 Å². The summed E-state index contributed by atoms with van der Waals surface area (Å²) in [6.07, 6.45) is 7.58. The van der Waals surface area contributed by atoms with Gasteiger partial charge in [-0.05, 0) is 44.7 Å². The number of ether oxygens (including phenoxy) is 1. The minimum Gasteiger partial charge on any atom is -0.487 e. The lowest BCUT2D eigenvalue weighted by molar-refractivity contribution is -0.0213. The fourth-order valence-electron chi connectivity index (χ4n) is 4.29. The zero-order chi connectivity index (χ0) is 14.9. The van der Waals surface area contributed by atoms with Gasteiger partial charge in [-0.3, -0.25) is 0 Å². The first-order valence-corrected chi connectivity index (χ1v) is 8.69. The highest BCUT2D eigenvalue weighted by molar-refractivity contribution is 5.41. The van der Waals surface area contributed by atoms with Crippen molar-refractivity contribution >= 4 is 0 Å². The Morgan fingerprint density at radius 3 is 2.90 bits per heavy atom. The molecular formula is C19H29NO. The molecule has 0 saturated heterocycles. The highest BCUT2D eigenvalue weighted by Crippen LogP contribution is 2.48. The second kappa shape index (κ2) is 6.00. The van der Waals surface area contributed by atoms with Crippen LogP contribution in [0.5, 0.6) is 5.75 Å². The molecule has 1 heterocycles. The van der Waals surface area contributed by atoms with Crippen molar-refractivity contribution in [3.8, 4) is 5.75 Å². The molecule has 1 spiro atoms. The highest BCUT2D eigenvalue weighted by atomic mass is 16.5. The van der Waals surface area contributed by atoms with Crippen LogP contribution in [0.2, 0.25) is 0 Å². The molecule has 1 aromatic carbocycles. The number of aryl methyl sites for hydroxylation is 1. The second-order valence-electron chi connectivity index (χ2n) is 7.01. The molecular weight excluding hydrogens is 258 g/mol. The minimum atomic E-state index is 0.0774. The molecule has 0 amide bonds. The molecule has 3 atom stereocenters. The zero-order valence-corrected chi connectivity index (χ0v) is 13.7. The Hall–Kier alpha value is -1.02. The van der Waals surface area contributed by atoms with E-state index in [1.54, 1.807) is 0 Å². The quantitative estimate of drug-likeness (QED) is 0.865. The Morgan fingerprint density at radius 2 is 2.14 bits per heavy atom. The maximum absolute atomic E-state index is 6.58. The molecule has 3 unspecified atom stereocenters. The van der Waals surface area contributed by atoms with E-state index in [1.807, 2.05) is 0 Å². The van der Waals surface area contributed by atoms with Crippen LogP contribution < -0.4 is 10.1 Å². The molecule has 1 fully saturated rings. The standard InChI is InChI=1S/C19H29NO/c1-4-15-7-6-10-19(12-15)13-17(20-5-2)16-11-14(3)8-9-18(16)21-19/h8-9,11,15,17,20H,4-7,10,12-13H2,1-3H3. The van der Waals surface area contributed by atoms with Crippen molar-refractivity contribution in [3.05, 3.63) is 29.3 Å². The first-order chi connectivity index (χ1) is 10.2. The molecule has 0 aromatic heterocycles. The van der Waals surface area contributed by atoms with Crippen LogP contribution in [0.15, 0.2) is 18.2 Å². The molecule has 1 aliphatic carbocycles. The van der Waals surface area contributed by atoms with Gasteiger partial charge in [0.25, 0.3) is 0 Å². The van der Waals surface area contributed by atoms with Crippen LogP contribution in [0.1, 0.15) is 69.5 Å². The van der Waals surface area contributed by atoms with E-state index in [2.05, 4.69) is 44.3 Å². The van der Waals surface area contributed by atoms with Crippen molar-refractivity contribution in [3.63, 3.8) is 0 Å². The molecule has 0 radical (unpaired) electrons. The van der Waals surface area contributed by atoms with Crippen LogP contribution in [0, 0.1) is 12.8 Å². The average Bonchev–Trinajstić information content (AvgIpc) is 2.48. The van der Waals surface area contributed by atoms with Gasteiger partial charge in [0.15, 0.2) is 0 Å². The summed E-state index contributed by atoms with van der Waals surface area (Å²) in [6, 6.07) is 7.12. The van der Waals surface area contributed by atoms with Crippen LogP contribution in [0.3, 0.4) is 0 Å². The van der Waals surface area contributed by atoms with Crippen LogP contribution in [-0.2, 0) is 0 Å². The maximum Gasteiger partial charge on any atom is 0.124 e. The number of hydrogen-bond acceptors (Lipinski definition) is 2. The van der Waals surface area contributed by atoms with E-state index >= 15 is 0 Å². The van der Waals surface area contributed by atoms with Crippen molar-refractivity contribution in [2.45, 2.75) is 70.9 Å². The summed E-state index contributed by atoms with van der Waals surface area (Å²) in [5, 5.41) is 3.69. The first kappa shape index (κ1) is 14.9. The van der Waals surface area contributed by atoms with Gasteiger partial charge in [-0.1, -0.05) is 44.4 Å². The average molecular weight is 287 g/mol. The molecule has 1 aliphatic heterocycles. The first-order valence-electron chi connectivity index (χ1n) is 8.69. The largest absolute Gasteiger partial charge is 0.487 e. The molecule has 1 saturated carbocycles. The topological polar surface area (TPSA) is 21.3 Å². The van der Waals surface area contributed by atoms with Crippen molar-refractivity contribution in [1.82, 2.24) is 5.32 Å². The van der Waals surface area contributed by atoms with Crippen LogP contribution in [0.4, 0.5) is 0 Å². The molecule has 2 aliphatic rings. The van der Waals surface area contributed by atoms with Gasteiger partial charge < -0.3 is 10.1 Å². The van der Waals surface area contributed by atoms with Gasteiger partial charge >= 0.3 is 0 Å². The van der Waals surface area contributed by atoms with Crippen molar-refractivity contribution in [1.29, 1.82) is 0 Å². The molecule has 1 N–H and O–H groups in total. The summed E-state index contributed by atoms with van der Waals surface area (Å²) in [5.74, 6) is 1.96. The molecule has 21 heavy (non-hydrogen) atoms. The zero-order valence-electron chi connectivity index (χ0n) is 13.7. The van der Waals surface area contributed by atoms with E-state index in [-0.39, 0.29) is 5.60 Å². The predicted octanol–water partition coefficient (Wildman–Crippen LogP) is 4.77. The maximum atomic E-state index is 6.58. The summed E-state index contributed by atoms with van der Waals surface area (Å²) < 4.78 is 6.58. The normalized spacial score (nSPS) is 31.8. The lowest BCUT2D eigenvalue weighted by Gasteiger charge is -2.47. The second-order valence-corrected chi connectivity index (χ2v) is 7.01. The summed E-state index contributed by atoms with van der Waals surface area (Å²) >= 11 is 0. The van der Waals surface area contributed by atoms with Gasteiger partial charge in [0.2, 0.25) is 0 Å². The molecule has 0 bridgehead atoms. The summed E-state index contributed by atoms with van der Waals surface area (Å²) in [6.45, 7) is 7.71. The molecule has 3 rings (SSSR count). The molecule has 2 nitrogen and oxygen atoms in total. The smallest absolute Gasteiger partial charge is 0.124 e. The predicted molar refractivity (Wildman–Crippen MR) is 87.8 cm³/mol. The van der Waals surface area contributed by atoms with Gasteiger partial charge in [0, 0.05) is 18.0 Å². The van der Waals surface area contributed by atoms with E-state index < -0.39 is 0 Å². The SMILES string of the molecule is CCNC1CC2(CCCC(CC)C2)Oc2ccc(C)cc21. The third kappa shape index (κ3) is 2.96. The summed E-state index contributed by atoms with van der Waals surface area (Å²) in [5.41, 5.74) is 2.76. The van der Waals surface area contributed by atoms with E-state index in [0.29, 0.717) is 6.04 Å². The van der Waals surface area contributed by atoms with Gasteiger partial charge in [-0.25, -0.2) is 0 Å². The lowest BCUT2D eigenvalue weighted by Crippen LogP contribution is -2.47. The van der Waals surface area contributed by atoms with Crippen LogP contribution in [-0.4, -0.2) is 12.1 Å². The van der Waals surface area contributed by atoms with Gasteiger partial charge in [-0.15, -0.1) is 0 Å². The monoisotopic (exact) mass is 287 g/mol. The van der Waals surface area contributed by atoms with Crippen molar-refractivity contribution in [2.24, 2.45) is 5.92 Å². The Labute approximate surface area is 129 Å². The highest BCUT2D eigenvalue weighted by Gasteiger charge is 2.43. The Kier molecular flexibility index (Phi) is 4.26. The summed E-state index contributed by atoms with van der Waals surface area (Å²) in [7, 11) is 0. The minimum absolute atomic E-state index is 0.0774. The van der Waals surface area contributed by atoms with Gasteiger partial charge in [0.1, 0.15) is 11.4 Å². The molecule has 1 aromatic rings. The Morgan fingerprint density at radius 1 is 1.29 bits per heavy atom. The third-order valence-electron chi connectivity index (χ3n) is 5.38. The van der Waals surface area contributed by atoms with Crippen molar-refractivity contribution < 1.29 is 4.74 Å². The van der Waals surface area contributed by atoms with Crippen LogP contribution in [0.25, 0.3) is 0 Å². The fourth-order valence-corrected chi connectivity index (χ4v) is 4.29. The van der Waals surface area contributed by atoms with E-state index in [4.69, 9.17) is 4.74 Å². The number of hydrogen-bond donors (Lipinski definition) is 1. The number of nitrogens with one attached hydrogen (secondary N) is 1. The molecule has 2 heteroatoms. The number of benzene rings is 1. The van der Waals surface area contributed by atoms with E-state index in [0.717, 1.165) is 24.6 Å². The van der Waals surface area contributed by atoms with Gasteiger partial charge in [0.05, 0.1) is 0 Å². The van der Waals surface area contributed by atoms with E-state index in [9.17, 15) is 0 Å². The van der Waals surface area contributed by atoms with Crippen molar-refractivity contribution in [2.75, 3.05) is 6.54 Å². The van der Waals surface area contributed by atoms with E-state index in [1.165, 1.54) is 43.2 Å². The number of rotatable bonds is 3. The number of fused-ring (bicyclic) bond motifs is 1. The Bertz CT molecular complexity index is 498. The Balaban J connectivity index is 1.91. The lowest BCUT2D eigenvalue weighted by atomic mass is 9.72. The van der Waals surface area contributed by atoms with Gasteiger partial charge in [-0.2, -0.15) is 0 Å². The summed E-state index contributed by atoms with van der Waals surface area (Å²) in [4.78, 5) is 0. The third-order valence-corrected chi connectivity index (χ3v) is 5.38.